The minimum absolute atomic E-state index is 0.0316. The van der Waals surface area contributed by atoms with Crippen LogP contribution in [-0.2, 0) is 17.9 Å². The van der Waals surface area contributed by atoms with Crippen LogP contribution in [0.15, 0.2) is 46.3 Å². The number of benzene rings is 1. The molecule has 4 rings (SSSR count). The van der Waals surface area contributed by atoms with Crippen LogP contribution in [0.25, 0.3) is 10.7 Å². The van der Waals surface area contributed by atoms with Gasteiger partial charge in [0.15, 0.2) is 0 Å². The van der Waals surface area contributed by atoms with Crippen molar-refractivity contribution in [2.75, 3.05) is 20.1 Å². The molecule has 1 unspecified atom stereocenters. The van der Waals surface area contributed by atoms with Gasteiger partial charge in [-0.1, -0.05) is 41.0 Å². The van der Waals surface area contributed by atoms with Crippen LogP contribution in [0.5, 0.6) is 0 Å². The maximum absolute atomic E-state index is 13.0. The molecule has 0 bridgehead atoms. The molecule has 1 fully saturated rings. The van der Waals surface area contributed by atoms with Crippen LogP contribution in [0.1, 0.15) is 24.3 Å². The zero-order valence-corrected chi connectivity index (χ0v) is 17.8. The smallest absolute Gasteiger partial charge is 0.246 e. The molecule has 0 aliphatic carbocycles. The van der Waals surface area contributed by atoms with E-state index in [0.717, 1.165) is 47.9 Å². The summed E-state index contributed by atoms with van der Waals surface area (Å²) in [6.07, 6.45) is 1.89. The fourth-order valence-electron chi connectivity index (χ4n) is 3.69. The monoisotopic (exact) mass is 430 g/mol. The van der Waals surface area contributed by atoms with E-state index < -0.39 is 0 Å². The molecular formula is C21H23ClN4O2S. The summed E-state index contributed by atoms with van der Waals surface area (Å²) in [6, 6.07) is 11.8. The molecule has 1 atom stereocenters. The van der Waals surface area contributed by atoms with Crippen LogP contribution < -0.4 is 0 Å². The normalized spacial score (nSPS) is 17.4. The third-order valence-corrected chi connectivity index (χ3v) is 6.40. The number of aromatic nitrogens is 2. The van der Waals surface area contributed by atoms with Gasteiger partial charge in [-0.15, -0.1) is 11.3 Å². The number of piperidine rings is 1. The largest absolute Gasteiger partial charge is 0.337 e. The lowest BCUT2D eigenvalue weighted by Gasteiger charge is -2.33. The minimum atomic E-state index is -0.0316. The number of amides is 1. The zero-order valence-electron chi connectivity index (χ0n) is 16.3. The Morgan fingerprint density at radius 1 is 1.34 bits per heavy atom. The lowest BCUT2D eigenvalue weighted by molar-refractivity contribution is -0.137. The molecule has 1 amide bonds. The molecule has 0 radical (unpaired) electrons. The highest BCUT2D eigenvalue weighted by molar-refractivity contribution is 7.13. The summed E-state index contributed by atoms with van der Waals surface area (Å²) in [6.45, 7) is 2.80. The van der Waals surface area contributed by atoms with Gasteiger partial charge in [0.1, 0.15) is 0 Å². The lowest BCUT2D eigenvalue weighted by Crippen LogP contribution is -2.43. The standard InChI is InChI=1S/C21H23ClN4O2S/c1-25(14-19-23-20(24-28-19)18-9-5-11-29-18)21(27)16-7-4-10-26(13-16)12-15-6-2-3-8-17(15)22/h2-3,5-6,8-9,11,16H,4,7,10,12-14H2,1H3. The minimum Gasteiger partial charge on any atom is -0.337 e. The molecule has 0 spiro atoms. The Labute approximate surface area is 179 Å². The highest BCUT2D eigenvalue weighted by atomic mass is 35.5. The Morgan fingerprint density at radius 3 is 3.00 bits per heavy atom. The summed E-state index contributed by atoms with van der Waals surface area (Å²) >= 11 is 7.86. The molecule has 1 aliphatic heterocycles. The second kappa shape index (κ2) is 9.07. The summed E-state index contributed by atoms with van der Waals surface area (Å²) in [4.78, 5) is 22.4. The average molecular weight is 431 g/mol. The highest BCUT2D eigenvalue weighted by Crippen LogP contribution is 2.24. The predicted octanol–water partition coefficient (Wildman–Crippen LogP) is 4.32. The molecule has 3 heterocycles. The number of hydrogen-bond acceptors (Lipinski definition) is 6. The first kappa shape index (κ1) is 20.1. The van der Waals surface area contributed by atoms with Gasteiger partial charge < -0.3 is 9.42 Å². The van der Waals surface area contributed by atoms with E-state index in [1.807, 2.05) is 41.8 Å². The molecule has 8 heteroatoms. The van der Waals surface area contributed by atoms with E-state index in [-0.39, 0.29) is 11.8 Å². The number of carbonyl (C=O) groups is 1. The van der Waals surface area contributed by atoms with Crippen molar-refractivity contribution in [1.82, 2.24) is 19.9 Å². The van der Waals surface area contributed by atoms with Crippen molar-refractivity contribution < 1.29 is 9.32 Å². The molecule has 1 saturated heterocycles. The SMILES string of the molecule is CN(Cc1nc(-c2cccs2)no1)C(=O)C1CCCN(Cc2ccccc2Cl)C1. The van der Waals surface area contributed by atoms with E-state index in [1.165, 1.54) is 0 Å². The summed E-state index contributed by atoms with van der Waals surface area (Å²) in [7, 11) is 1.80. The van der Waals surface area contributed by atoms with Crippen molar-refractivity contribution in [1.29, 1.82) is 0 Å². The Bertz CT molecular complexity index is 959. The Morgan fingerprint density at radius 2 is 2.21 bits per heavy atom. The van der Waals surface area contributed by atoms with Crippen LogP contribution in [0.3, 0.4) is 0 Å². The molecule has 0 N–H and O–H groups in total. The van der Waals surface area contributed by atoms with Gasteiger partial charge in [0, 0.05) is 25.2 Å². The summed E-state index contributed by atoms with van der Waals surface area (Å²) < 4.78 is 5.34. The van der Waals surface area contributed by atoms with Crippen molar-refractivity contribution >= 4 is 28.8 Å². The lowest BCUT2D eigenvalue weighted by atomic mass is 9.96. The second-order valence-corrected chi connectivity index (χ2v) is 8.70. The van der Waals surface area contributed by atoms with Crippen LogP contribution in [0, 0.1) is 5.92 Å². The fourth-order valence-corrected chi connectivity index (χ4v) is 4.53. The van der Waals surface area contributed by atoms with E-state index >= 15 is 0 Å². The van der Waals surface area contributed by atoms with E-state index in [2.05, 4.69) is 15.0 Å². The molecule has 1 aliphatic rings. The van der Waals surface area contributed by atoms with Crippen molar-refractivity contribution in [3.63, 3.8) is 0 Å². The summed E-state index contributed by atoms with van der Waals surface area (Å²) in [5.74, 6) is 1.10. The average Bonchev–Trinajstić information content (AvgIpc) is 3.41. The van der Waals surface area contributed by atoms with Gasteiger partial charge >= 0.3 is 0 Å². The molecule has 6 nitrogen and oxygen atoms in total. The highest BCUT2D eigenvalue weighted by Gasteiger charge is 2.29. The molecule has 3 aromatic rings. The topological polar surface area (TPSA) is 62.5 Å². The van der Waals surface area contributed by atoms with Crippen LogP contribution in [0.4, 0.5) is 0 Å². The Hall–Kier alpha value is -2.22. The molecular weight excluding hydrogens is 408 g/mol. The maximum Gasteiger partial charge on any atom is 0.246 e. The summed E-state index contributed by atoms with van der Waals surface area (Å²) in [5.41, 5.74) is 1.10. The van der Waals surface area contributed by atoms with Gasteiger partial charge in [0.2, 0.25) is 17.6 Å². The van der Waals surface area contributed by atoms with Gasteiger partial charge in [-0.3, -0.25) is 9.69 Å². The number of carbonyl (C=O) groups excluding carboxylic acids is 1. The first-order chi connectivity index (χ1) is 14.1. The fraction of sp³-hybridized carbons (Fsp3) is 0.381. The van der Waals surface area contributed by atoms with Crippen molar-refractivity contribution in [3.05, 3.63) is 58.3 Å². The number of nitrogens with zero attached hydrogens (tertiary/aromatic N) is 4. The van der Waals surface area contributed by atoms with Crippen molar-refractivity contribution in [2.45, 2.75) is 25.9 Å². The third kappa shape index (κ3) is 4.86. The van der Waals surface area contributed by atoms with Crippen LogP contribution in [0.2, 0.25) is 5.02 Å². The van der Waals surface area contributed by atoms with E-state index in [4.69, 9.17) is 16.1 Å². The van der Waals surface area contributed by atoms with Gasteiger partial charge in [0.25, 0.3) is 0 Å². The summed E-state index contributed by atoms with van der Waals surface area (Å²) in [5, 5.41) is 6.76. The van der Waals surface area contributed by atoms with Crippen molar-refractivity contribution in [3.8, 4) is 10.7 Å². The zero-order chi connectivity index (χ0) is 20.2. The number of likely N-dealkylation sites (tertiary alicyclic amines) is 1. The third-order valence-electron chi connectivity index (χ3n) is 5.16. The first-order valence-electron chi connectivity index (χ1n) is 9.67. The van der Waals surface area contributed by atoms with Crippen LogP contribution in [-0.4, -0.2) is 46.0 Å². The van der Waals surface area contributed by atoms with Crippen molar-refractivity contribution in [2.24, 2.45) is 5.92 Å². The molecule has 0 saturated carbocycles. The van der Waals surface area contributed by atoms with E-state index in [1.54, 1.807) is 23.3 Å². The number of halogens is 1. The quantitative estimate of drug-likeness (QED) is 0.582. The number of hydrogen-bond donors (Lipinski definition) is 0. The van der Waals surface area contributed by atoms with Gasteiger partial charge in [-0.05, 0) is 42.5 Å². The maximum atomic E-state index is 13.0. The molecule has 1 aromatic carbocycles. The van der Waals surface area contributed by atoms with Gasteiger partial charge in [-0.2, -0.15) is 4.98 Å². The van der Waals surface area contributed by atoms with E-state index in [9.17, 15) is 4.79 Å². The van der Waals surface area contributed by atoms with Gasteiger partial charge in [0.05, 0.1) is 17.3 Å². The Kier molecular flexibility index (Phi) is 6.28. The Balaban J connectivity index is 1.35. The molecule has 2 aromatic heterocycles. The molecule has 152 valence electrons. The predicted molar refractivity (Wildman–Crippen MR) is 114 cm³/mol. The molecule has 29 heavy (non-hydrogen) atoms. The first-order valence-corrected chi connectivity index (χ1v) is 10.9. The second-order valence-electron chi connectivity index (χ2n) is 7.35. The van der Waals surface area contributed by atoms with Gasteiger partial charge in [-0.25, -0.2) is 0 Å². The van der Waals surface area contributed by atoms with Crippen LogP contribution >= 0.6 is 22.9 Å². The number of thiophene rings is 1. The van der Waals surface area contributed by atoms with E-state index in [0.29, 0.717) is 18.3 Å². The number of rotatable bonds is 6.